The van der Waals surface area contributed by atoms with Gasteiger partial charge < -0.3 is 14.5 Å². The Labute approximate surface area is 216 Å². The number of para-hydroxylation sites is 1. The lowest BCUT2D eigenvalue weighted by atomic mass is 9.79. The zero-order valence-electron chi connectivity index (χ0n) is 21.9. The fourth-order valence-corrected chi connectivity index (χ4v) is 5.61. The van der Waals surface area contributed by atoms with E-state index in [-0.39, 0.29) is 5.92 Å². The Morgan fingerprint density at radius 3 is 2.00 bits per heavy atom. The summed E-state index contributed by atoms with van der Waals surface area (Å²) < 4.78 is 6.54. The van der Waals surface area contributed by atoms with Crippen LogP contribution >= 0.6 is 0 Å². The lowest BCUT2D eigenvalue weighted by Gasteiger charge is -2.33. The average Bonchev–Trinajstić information content (AvgIpc) is 2.93. The molecule has 4 aromatic rings. The van der Waals surface area contributed by atoms with Crippen LogP contribution in [0.4, 0.5) is 11.4 Å². The van der Waals surface area contributed by atoms with Gasteiger partial charge in [-0.3, -0.25) is 0 Å². The Kier molecular flexibility index (Phi) is 6.99. The molecule has 3 nitrogen and oxygen atoms in total. The van der Waals surface area contributed by atoms with Crippen LogP contribution in [0, 0.1) is 0 Å². The second-order valence-corrected chi connectivity index (χ2v) is 9.25. The van der Waals surface area contributed by atoms with Gasteiger partial charge in [0.2, 0.25) is 0 Å². The van der Waals surface area contributed by atoms with Crippen LogP contribution < -0.4 is 14.5 Å². The average molecular weight is 477 g/mol. The molecule has 5 rings (SSSR count). The predicted octanol–water partition coefficient (Wildman–Crippen LogP) is 8.33. The third kappa shape index (κ3) is 4.24. The zero-order chi connectivity index (χ0) is 25.1. The smallest absolute Gasteiger partial charge is 0.132 e. The molecule has 0 saturated heterocycles. The van der Waals surface area contributed by atoms with Gasteiger partial charge >= 0.3 is 0 Å². The Bertz CT molecular complexity index is 1320. The van der Waals surface area contributed by atoms with Crippen molar-refractivity contribution in [2.75, 3.05) is 36.0 Å². The lowest BCUT2D eigenvalue weighted by molar-refractivity contribution is 0.453. The van der Waals surface area contributed by atoms with Gasteiger partial charge in [-0.25, -0.2) is 0 Å². The van der Waals surface area contributed by atoms with Crippen LogP contribution in [0.5, 0.6) is 11.5 Å². The maximum atomic E-state index is 6.54. The van der Waals surface area contributed by atoms with Crippen molar-refractivity contribution in [3.8, 4) is 22.6 Å². The Balaban J connectivity index is 1.79. The molecule has 0 bridgehead atoms. The van der Waals surface area contributed by atoms with Gasteiger partial charge in [0, 0.05) is 60.2 Å². The second kappa shape index (κ2) is 10.5. The molecule has 1 unspecified atom stereocenters. The monoisotopic (exact) mass is 476 g/mol. The van der Waals surface area contributed by atoms with Gasteiger partial charge in [0.15, 0.2) is 0 Å². The molecule has 4 aromatic carbocycles. The van der Waals surface area contributed by atoms with Gasteiger partial charge in [-0.1, -0.05) is 60.7 Å². The van der Waals surface area contributed by atoms with Crippen LogP contribution in [-0.2, 0) is 0 Å². The Hall–Kier alpha value is -3.72. The van der Waals surface area contributed by atoms with Crippen molar-refractivity contribution in [2.45, 2.75) is 33.6 Å². The molecule has 36 heavy (non-hydrogen) atoms. The summed E-state index contributed by atoms with van der Waals surface area (Å²) in [5.74, 6) is 1.99. The predicted molar refractivity (Wildman–Crippen MR) is 153 cm³/mol. The second-order valence-electron chi connectivity index (χ2n) is 9.25. The fraction of sp³-hybridized carbons (Fsp3) is 0.273. The van der Waals surface area contributed by atoms with Gasteiger partial charge in [0.25, 0.3) is 0 Å². The van der Waals surface area contributed by atoms with E-state index in [0.29, 0.717) is 0 Å². The summed E-state index contributed by atoms with van der Waals surface area (Å²) >= 11 is 0. The zero-order valence-corrected chi connectivity index (χ0v) is 21.9. The maximum absolute atomic E-state index is 6.54. The quantitative estimate of drug-likeness (QED) is 0.224. The molecule has 1 atom stereocenters. The van der Waals surface area contributed by atoms with Gasteiger partial charge in [0.05, 0.1) is 0 Å². The van der Waals surface area contributed by atoms with E-state index in [1.54, 1.807) is 0 Å². The van der Waals surface area contributed by atoms with Crippen LogP contribution in [0.1, 0.15) is 50.3 Å². The van der Waals surface area contributed by atoms with Crippen molar-refractivity contribution >= 4 is 11.4 Å². The number of hydrogen-bond acceptors (Lipinski definition) is 3. The fourth-order valence-electron chi connectivity index (χ4n) is 5.61. The summed E-state index contributed by atoms with van der Waals surface area (Å²) in [5, 5.41) is 0. The first-order valence-electron chi connectivity index (χ1n) is 13.3. The van der Waals surface area contributed by atoms with E-state index in [0.717, 1.165) is 37.7 Å². The van der Waals surface area contributed by atoms with E-state index in [2.05, 4.69) is 128 Å². The molecule has 1 heterocycles. The third-order valence-electron chi connectivity index (χ3n) is 7.44. The van der Waals surface area contributed by atoms with Crippen molar-refractivity contribution in [1.82, 2.24) is 0 Å². The summed E-state index contributed by atoms with van der Waals surface area (Å²) in [6.45, 7) is 12.8. The summed E-state index contributed by atoms with van der Waals surface area (Å²) in [6, 6.07) is 32.8. The minimum atomic E-state index is 0.101. The molecule has 0 amide bonds. The highest BCUT2D eigenvalue weighted by Gasteiger charge is 2.32. The minimum Gasteiger partial charge on any atom is -0.457 e. The highest BCUT2D eigenvalue weighted by Crippen LogP contribution is 2.52. The summed E-state index contributed by atoms with van der Waals surface area (Å²) in [5.41, 5.74) is 8.79. The van der Waals surface area contributed by atoms with Gasteiger partial charge in [-0.2, -0.15) is 0 Å². The van der Waals surface area contributed by atoms with Gasteiger partial charge in [-0.05, 0) is 69.2 Å². The first kappa shape index (κ1) is 24.0. The molecule has 0 spiro atoms. The number of nitrogens with zero attached hydrogens (tertiary/aromatic N) is 2. The highest BCUT2D eigenvalue weighted by atomic mass is 16.5. The Morgan fingerprint density at radius 2 is 1.28 bits per heavy atom. The van der Waals surface area contributed by atoms with Crippen molar-refractivity contribution in [1.29, 1.82) is 0 Å². The van der Waals surface area contributed by atoms with E-state index >= 15 is 0 Å². The Morgan fingerprint density at radius 1 is 0.611 bits per heavy atom. The van der Waals surface area contributed by atoms with E-state index in [1.807, 2.05) is 0 Å². The molecule has 3 heteroatoms. The number of anilines is 2. The molecule has 0 N–H and O–H groups in total. The molecular weight excluding hydrogens is 440 g/mol. The molecule has 1 aliphatic rings. The standard InChI is InChI=1S/C33H36N2O/c1-5-34(6-2)25-21-22-29(35(7-3)8-4)28(23-25)26-18-14-20-31-33(26)32(24-15-10-9-11-16-24)27-17-12-13-19-30(27)36-31/h9-23,32H,5-8H2,1-4H3. The SMILES string of the molecule is CCN(CC)c1ccc(N(CC)CC)c(-c2cccc3c2C(c2ccccc2)c2ccccc2O3)c1. The van der Waals surface area contributed by atoms with E-state index in [1.165, 1.54) is 39.2 Å². The largest absolute Gasteiger partial charge is 0.457 e. The van der Waals surface area contributed by atoms with Gasteiger partial charge in [0.1, 0.15) is 11.5 Å². The molecule has 184 valence electrons. The molecule has 0 aliphatic carbocycles. The van der Waals surface area contributed by atoms with E-state index < -0.39 is 0 Å². The topological polar surface area (TPSA) is 15.7 Å². The molecule has 0 aromatic heterocycles. The maximum Gasteiger partial charge on any atom is 0.132 e. The normalized spacial score (nSPS) is 13.9. The molecule has 0 radical (unpaired) electrons. The number of hydrogen-bond donors (Lipinski definition) is 0. The molecule has 1 aliphatic heterocycles. The van der Waals surface area contributed by atoms with Crippen molar-refractivity contribution in [3.63, 3.8) is 0 Å². The van der Waals surface area contributed by atoms with E-state index in [4.69, 9.17) is 4.74 Å². The van der Waals surface area contributed by atoms with Crippen molar-refractivity contribution in [2.24, 2.45) is 0 Å². The molecular formula is C33H36N2O. The minimum absolute atomic E-state index is 0.101. The number of benzene rings is 4. The number of ether oxygens (including phenoxy) is 1. The van der Waals surface area contributed by atoms with Crippen LogP contribution in [0.25, 0.3) is 11.1 Å². The van der Waals surface area contributed by atoms with E-state index in [9.17, 15) is 0 Å². The summed E-state index contributed by atoms with van der Waals surface area (Å²) in [6.07, 6.45) is 0. The molecule has 0 fully saturated rings. The molecule has 0 saturated carbocycles. The first-order valence-corrected chi connectivity index (χ1v) is 13.3. The third-order valence-corrected chi connectivity index (χ3v) is 7.44. The van der Waals surface area contributed by atoms with Crippen LogP contribution in [0.15, 0.2) is 91.0 Å². The first-order chi connectivity index (χ1) is 17.7. The van der Waals surface area contributed by atoms with Crippen LogP contribution in [-0.4, -0.2) is 26.2 Å². The highest BCUT2D eigenvalue weighted by molar-refractivity contribution is 5.86. The number of fused-ring (bicyclic) bond motifs is 2. The van der Waals surface area contributed by atoms with Crippen molar-refractivity contribution < 1.29 is 4.74 Å². The van der Waals surface area contributed by atoms with Crippen molar-refractivity contribution in [3.05, 3.63) is 108 Å². The lowest BCUT2D eigenvalue weighted by Crippen LogP contribution is -2.24. The van der Waals surface area contributed by atoms with Crippen LogP contribution in [0.3, 0.4) is 0 Å². The summed E-state index contributed by atoms with van der Waals surface area (Å²) in [4.78, 5) is 4.88. The van der Waals surface area contributed by atoms with Crippen LogP contribution in [0.2, 0.25) is 0 Å². The van der Waals surface area contributed by atoms with Gasteiger partial charge in [-0.15, -0.1) is 0 Å². The number of rotatable bonds is 8. The summed E-state index contributed by atoms with van der Waals surface area (Å²) in [7, 11) is 0.